The van der Waals surface area contributed by atoms with E-state index in [2.05, 4.69) is 74.6 Å². The molecule has 2 unspecified atom stereocenters. The van der Waals surface area contributed by atoms with Crippen LogP contribution in [0.1, 0.15) is 181 Å². The zero-order valence-corrected chi connectivity index (χ0v) is 35.8. The van der Waals surface area contributed by atoms with Crippen molar-refractivity contribution < 1.29 is 37.6 Å². The van der Waals surface area contributed by atoms with Crippen molar-refractivity contribution in [1.82, 2.24) is 0 Å². The average molecular weight is 794 g/mol. The van der Waals surface area contributed by atoms with Crippen LogP contribution in [-0.4, -0.2) is 49.3 Å². The van der Waals surface area contributed by atoms with Crippen LogP contribution in [0.5, 0.6) is 0 Å². The van der Waals surface area contributed by atoms with Gasteiger partial charge in [-0.05, 0) is 77.0 Å². The van der Waals surface area contributed by atoms with Crippen LogP contribution < -0.4 is 5.73 Å². The second-order valence-corrected chi connectivity index (χ2v) is 15.6. The first kappa shape index (κ1) is 52.7. The van der Waals surface area contributed by atoms with E-state index in [1.54, 1.807) is 0 Å². The predicted octanol–water partition coefficient (Wildman–Crippen LogP) is 12.5. The van der Waals surface area contributed by atoms with Gasteiger partial charge in [0, 0.05) is 19.4 Å². The average Bonchev–Trinajstić information content (AvgIpc) is 3.17. The molecule has 0 amide bonds. The van der Waals surface area contributed by atoms with E-state index in [0.717, 1.165) is 89.9 Å². The molecular formula is C45H80NO8P. The van der Waals surface area contributed by atoms with Gasteiger partial charge in [0.05, 0.1) is 13.2 Å². The summed E-state index contributed by atoms with van der Waals surface area (Å²) in [7, 11) is -4.38. The summed E-state index contributed by atoms with van der Waals surface area (Å²) in [5.41, 5.74) is 5.34. The second-order valence-electron chi connectivity index (χ2n) is 14.2. The summed E-state index contributed by atoms with van der Waals surface area (Å²) < 4.78 is 32.8. The molecule has 3 N–H and O–H groups in total. The Morgan fingerprint density at radius 2 is 1.00 bits per heavy atom. The number of esters is 2. The molecule has 0 aromatic heterocycles. The number of unbranched alkanes of at least 4 members (excludes halogenated alkanes) is 17. The van der Waals surface area contributed by atoms with Gasteiger partial charge in [-0.2, -0.15) is 0 Å². The molecular weight excluding hydrogens is 713 g/mol. The molecule has 0 saturated carbocycles. The first-order chi connectivity index (χ1) is 26.8. The quantitative estimate of drug-likeness (QED) is 0.0269. The van der Waals surface area contributed by atoms with Crippen LogP contribution in [0.2, 0.25) is 0 Å². The Balaban J connectivity index is 4.17. The molecule has 10 heteroatoms. The van der Waals surface area contributed by atoms with Crippen molar-refractivity contribution in [3.8, 4) is 0 Å². The summed E-state index contributed by atoms with van der Waals surface area (Å²) >= 11 is 0. The summed E-state index contributed by atoms with van der Waals surface area (Å²) in [6, 6.07) is 0. The van der Waals surface area contributed by atoms with Crippen molar-refractivity contribution in [3.63, 3.8) is 0 Å². The van der Waals surface area contributed by atoms with Crippen molar-refractivity contribution in [3.05, 3.63) is 60.8 Å². The van der Waals surface area contributed by atoms with Crippen LogP contribution in [0.3, 0.4) is 0 Å². The molecule has 0 bridgehead atoms. The largest absolute Gasteiger partial charge is 0.472 e. The lowest BCUT2D eigenvalue weighted by atomic mass is 10.1. The highest BCUT2D eigenvalue weighted by Gasteiger charge is 2.26. The van der Waals surface area contributed by atoms with Gasteiger partial charge >= 0.3 is 19.8 Å². The number of phosphoric acid groups is 1. The molecule has 0 aliphatic rings. The summed E-state index contributed by atoms with van der Waals surface area (Å²) in [4.78, 5) is 34.9. The van der Waals surface area contributed by atoms with Crippen LogP contribution in [0.15, 0.2) is 60.8 Å². The van der Waals surface area contributed by atoms with Crippen molar-refractivity contribution >= 4 is 19.8 Å². The fraction of sp³-hybridized carbons (Fsp3) is 0.733. The van der Waals surface area contributed by atoms with Gasteiger partial charge in [0.15, 0.2) is 6.10 Å². The van der Waals surface area contributed by atoms with E-state index in [-0.39, 0.29) is 32.6 Å². The number of carbonyl (C=O) groups is 2. The number of phosphoric ester groups is 1. The maximum absolute atomic E-state index is 12.6. The first-order valence-corrected chi connectivity index (χ1v) is 23.3. The van der Waals surface area contributed by atoms with Crippen LogP contribution >= 0.6 is 7.82 Å². The Hall–Kier alpha value is -2.29. The summed E-state index contributed by atoms with van der Waals surface area (Å²) in [6.07, 6.45) is 48.2. The Morgan fingerprint density at radius 1 is 0.564 bits per heavy atom. The van der Waals surface area contributed by atoms with Crippen molar-refractivity contribution in [2.24, 2.45) is 5.73 Å². The highest BCUT2D eigenvalue weighted by Crippen LogP contribution is 2.43. The standard InChI is InChI=1S/C45H80NO8P/c1-3-5-7-9-11-13-15-17-19-20-21-22-24-25-27-29-31-33-35-37-44(47)51-41-43(42-53-55(49,50)52-40-39-46)54-45(48)38-36-34-32-30-28-26-23-18-16-14-12-10-8-6-4-2/h6,8,11-14,17-19,23,43H,3-5,7,9-10,15-16,20-22,24-42,46H2,1-2H3,(H,49,50). The fourth-order valence-electron chi connectivity index (χ4n) is 5.68. The van der Waals surface area contributed by atoms with Gasteiger partial charge in [-0.1, -0.05) is 152 Å². The Labute approximate surface area is 336 Å². The van der Waals surface area contributed by atoms with Crippen LogP contribution in [0.4, 0.5) is 0 Å². The van der Waals surface area contributed by atoms with Crippen molar-refractivity contribution in [1.29, 1.82) is 0 Å². The SMILES string of the molecule is CCC=CCC=CCC=CCCCCCCCC(=O)OC(COC(=O)CCCCCCCCCCCC=CCC=CCCCCC)COP(=O)(O)OCCN. The monoisotopic (exact) mass is 794 g/mol. The van der Waals surface area contributed by atoms with Crippen molar-refractivity contribution in [2.45, 2.75) is 187 Å². The van der Waals surface area contributed by atoms with Crippen molar-refractivity contribution in [2.75, 3.05) is 26.4 Å². The number of nitrogens with two attached hydrogens (primary N) is 1. The molecule has 0 rings (SSSR count). The highest BCUT2D eigenvalue weighted by atomic mass is 31.2. The molecule has 0 spiro atoms. The molecule has 318 valence electrons. The molecule has 0 fully saturated rings. The van der Waals surface area contributed by atoms with Gasteiger partial charge in [0.2, 0.25) is 0 Å². The number of allylic oxidation sites excluding steroid dienone is 10. The molecule has 55 heavy (non-hydrogen) atoms. The Morgan fingerprint density at radius 3 is 1.49 bits per heavy atom. The Kier molecular flexibility index (Phi) is 39.6. The lowest BCUT2D eigenvalue weighted by molar-refractivity contribution is -0.161. The zero-order chi connectivity index (χ0) is 40.3. The van der Waals surface area contributed by atoms with Gasteiger partial charge in [-0.25, -0.2) is 4.57 Å². The first-order valence-electron chi connectivity index (χ1n) is 21.8. The molecule has 2 atom stereocenters. The highest BCUT2D eigenvalue weighted by molar-refractivity contribution is 7.47. The summed E-state index contributed by atoms with van der Waals surface area (Å²) in [6.45, 7) is 3.56. The predicted molar refractivity (Wildman–Crippen MR) is 229 cm³/mol. The minimum absolute atomic E-state index is 0.0472. The van der Waals surface area contributed by atoms with Gasteiger partial charge in [0.25, 0.3) is 0 Å². The van der Waals surface area contributed by atoms with Gasteiger partial charge in [-0.15, -0.1) is 0 Å². The van der Waals surface area contributed by atoms with E-state index in [1.165, 1.54) is 57.8 Å². The molecule has 0 aromatic carbocycles. The van der Waals surface area contributed by atoms with E-state index < -0.39 is 32.5 Å². The number of hydrogen-bond acceptors (Lipinski definition) is 8. The molecule has 0 radical (unpaired) electrons. The van der Waals surface area contributed by atoms with Crippen LogP contribution in [-0.2, 0) is 32.7 Å². The topological polar surface area (TPSA) is 134 Å². The van der Waals surface area contributed by atoms with E-state index in [4.69, 9.17) is 24.3 Å². The molecule has 0 heterocycles. The zero-order valence-electron chi connectivity index (χ0n) is 34.9. The third-order valence-corrected chi connectivity index (χ3v) is 9.87. The summed E-state index contributed by atoms with van der Waals surface area (Å²) in [5.74, 6) is -0.856. The second kappa shape index (κ2) is 41.3. The van der Waals surface area contributed by atoms with Crippen LogP contribution in [0.25, 0.3) is 0 Å². The molecule has 0 saturated heterocycles. The molecule has 0 aromatic rings. The molecule has 0 aliphatic heterocycles. The van der Waals surface area contributed by atoms with Gasteiger partial charge in [-0.3, -0.25) is 18.6 Å². The van der Waals surface area contributed by atoms with Crippen LogP contribution in [0, 0.1) is 0 Å². The Bertz CT molecular complexity index is 1090. The summed E-state index contributed by atoms with van der Waals surface area (Å²) in [5, 5.41) is 0. The van der Waals surface area contributed by atoms with E-state index in [1.807, 2.05) is 0 Å². The third kappa shape index (κ3) is 41.2. The minimum Gasteiger partial charge on any atom is -0.462 e. The molecule has 9 nitrogen and oxygen atoms in total. The minimum atomic E-state index is -4.38. The maximum Gasteiger partial charge on any atom is 0.472 e. The lowest BCUT2D eigenvalue weighted by Crippen LogP contribution is -2.29. The van der Waals surface area contributed by atoms with E-state index in [0.29, 0.717) is 6.42 Å². The molecule has 0 aliphatic carbocycles. The maximum atomic E-state index is 12.6. The number of hydrogen-bond donors (Lipinski definition) is 2. The van der Waals surface area contributed by atoms with E-state index in [9.17, 15) is 19.0 Å². The smallest absolute Gasteiger partial charge is 0.462 e. The number of ether oxygens (including phenoxy) is 2. The normalized spacial score (nSPS) is 13.9. The third-order valence-electron chi connectivity index (χ3n) is 8.89. The number of carbonyl (C=O) groups excluding carboxylic acids is 2. The fourth-order valence-corrected chi connectivity index (χ4v) is 6.44. The van der Waals surface area contributed by atoms with Gasteiger partial charge in [0.1, 0.15) is 6.61 Å². The lowest BCUT2D eigenvalue weighted by Gasteiger charge is -2.19. The van der Waals surface area contributed by atoms with Gasteiger partial charge < -0.3 is 20.1 Å². The number of rotatable bonds is 40. The van der Waals surface area contributed by atoms with E-state index >= 15 is 0 Å².